The molecular formula is C16H18N2O2. The van der Waals surface area contributed by atoms with E-state index < -0.39 is 6.10 Å². The van der Waals surface area contributed by atoms with Crippen molar-refractivity contribution < 1.29 is 9.90 Å². The molecule has 0 radical (unpaired) electrons. The predicted octanol–water partition coefficient (Wildman–Crippen LogP) is 2.24. The Morgan fingerprint density at radius 2 is 2.05 bits per heavy atom. The molecule has 1 amide bonds. The van der Waals surface area contributed by atoms with Crippen molar-refractivity contribution in [3.8, 4) is 0 Å². The first kappa shape index (κ1) is 14.2. The monoisotopic (exact) mass is 270 g/mol. The largest absolute Gasteiger partial charge is 0.388 e. The molecule has 1 unspecified atom stereocenters. The number of aliphatic hydroxyl groups is 1. The molecule has 0 saturated heterocycles. The van der Waals surface area contributed by atoms with Crippen molar-refractivity contribution >= 4 is 5.91 Å². The second-order valence-corrected chi connectivity index (χ2v) is 4.72. The zero-order valence-electron chi connectivity index (χ0n) is 11.4. The van der Waals surface area contributed by atoms with E-state index in [-0.39, 0.29) is 5.91 Å². The van der Waals surface area contributed by atoms with E-state index in [1.54, 1.807) is 12.3 Å². The summed E-state index contributed by atoms with van der Waals surface area (Å²) < 4.78 is 0. The fourth-order valence-corrected chi connectivity index (χ4v) is 1.95. The smallest absolute Gasteiger partial charge is 0.252 e. The first-order valence-electron chi connectivity index (χ1n) is 6.59. The normalized spacial score (nSPS) is 11.9. The second-order valence-electron chi connectivity index (χ2n) is 4.72. The van der Waals surface area contributed by atoms with Crippen LogP contribution in [0.25, 0.3) is 0 Å². The Hall–Kier alpha value is -2.20. The van der Waals surface area contributed by atoms with Gasteiger partial charge in [0.2, 0.25) is 0 Å². The standard InChI is InChI=1S/C16H18N2O2/c1-12-9-14(11-17-10-12)16(20)18-8-7-15(19)13-5-3-2-4-6-13/h2-6,9-11,15,19H,7-8H2,1H3,(H,18,20). The zero-order valence-corrected chi connectivity index (χ0v) is 11.4. The van der Waals surface area contributed by atoms with E-state index >= 15 is 0 Å². The number of pyridine rings is 1. The van der Waals surface area contributed by atoms with Crippen LogP contribution in [-0.2, 0) is 0 Å². The van der Waals surface area contributed by atoms with Crippen molar-refractivity contribution in [2.45, 2.75) is 19.4 Å². The summed E-state index contributed by atoms with van der Waals surface area (Å²) in [4.78, 5) is 15.9. The molecule has 1 atom stereocenters. The highest BCUT2D eigenvalue weighted by atomic mass is 16.3. The van der Waals surface area contributed by atoms with E-state index in [4.69, 9.17) is 0 Å². The van der Waals surface area contributed by atoms with Gasteiger partial charge in [-0.15, -0.1) is 0 Å². The lowest BCUT2D eigenvalue weighted by Gasteiger charge is -2.11. The fraction of sp³-hybridized carbons (Fsp3) is 0.250. The topological polar surface area (TPSA) is 62.2 Å². The molecule has 0 saturated carbocycles. The Morgan fingerprint density at radius 3 is 2.75 bits per heavy atom. The van der Waals surface area contributed by atoms with Crippen LogP contribution in [0.3, 0.4) is 0 Å². The Bertz CT molecular complexity index is 570. The number of aliphatic hydroxyl groups excluding tert-OH is 1. The van der Waals surface area contributed by atoms with Crippen LogP contribution in [0.2, 0.25) is 0 Å². The van der Waals surface area contributed by atoms with Gasteiger partial charge in [0.15, 0.2) is 0 Å². The third-order valence-corrected chi connectivity index (χ3v) is 3.02. The van der Waals surface area contributed by atoms with Gasteiger partial charge in [-0.3, -0.25) is 9.78 Å². The number of aromatic nitrogens is 1. The maximum Gasteiger partial charge on any atom is 0.252 e. The lowest BCUT2D eigenvalue weighted by molar-refractivity contribution is 0.0942. The zero-order chi connectivity index (χ0) is 14.4. The van der Waals surface area contributed by atoms with Gasteiger partial charge in [0.1, 0.15) is 0 Å². The number of carbonyl (C=O) groups is 1. The fourth-order valence-electron chi connectivity index (χ4n) is 1.95. The maximum atomic E-state index is 11.9. The molecular weight excluding hydrogens is 252 g/mol. The number of rotatable bonds is 5. The molecule has 0 aliphatic rings. The number of nitrogens with one attached hydrogen (secondary N) is 1. The van der Waals surface area contributed by atoms with E-state index in [2.05, 4.69) is 10.3 Å². The Morgan fingerprint density at radius 1 is 1.30 bits per heavy atom. The molecule has 1 heterocycles. The molecule has 1 aromatic heterocycles. The number of amides is 1. The van der Waals surface area contributed by atoms with Crippen molar-refractivity contribution in [3.05, 3.63) is 65.5 Å². The second kappa shape index (κ2) is 6.82. The average Bonchev–Trinajstić information content (AvgIpc) is 2.48. The van der Waals surface area contributed by atoms with Crippen LogP contribution in [0.4, 0.5) is 0 Å². The van der Waals surface area contributed by atoms with E-state index in [9.17, 15) is 9.90 Å². The number of aryl methyl sites for hydroxylation is 1. The molecule has 0 fully saturated rings. The number of nitrogens with zero attached hydrogens (tertiary/aromatic N) is 1. The Balaban J connectivity index is 1.83. The summed E-state index contributed by atoms with van der Waals surface area (Å²) in [5, 5.41) is 12.8. The van der Waals surface area contributed by atoms with Crippen LogP contribution in [-0.4, -0.2) is 22.5 Å². The van der Waals surface area contributed by atoms with Crippen molar-refractivity contribution in [1.29, 1.82) is 0 Å². The lowest BCUT2D eigenvalue weighted by Crippen LogP contribution is -2.25. The van der Waals surface area contributed by atoms with E-state index in [0.29, 0.717) is 18.5 Å². The average molecular weight is 270 g/mol. The SMILES string of the molecule is Cc1cncc(C(=O)NCCC(O)c2ccccc2)c1. The van der Waals surface area contributed by atoms with Gasteiger partial charge in [-0.25, -0.2) is 0 Å². The molecule has 0 aliphatic heterocycles. The van der Waals surface area contributed by atoms with Gasteiger partial charge in [-0.1, -0.05) is 30.3 Å². The van der Waals surface area contributed by atoms with Crippen LogP contribution in [0, 0.1) is 6.92 Å². The van der Waals surface area contributed by atoms with Gasteiger partial charge in [0, 0.05) is 18.9 Å². The number of hydrogen-bond acceptors (Lipinski definition) is 3. The van der Waals surface area contributed by atoms with Gasteiger partial charge >= 0.3 is 0 Å². The summed E-state index contributed by atoms with van der Waals surface area (Å²) in [5.74, 6) is -0.165. The maximum absolute atomic E-state index is 11.9. The van der Waals surface area contributed by atoms with Crippen LogP contribution >= 0.6 is 0 Å². The third-order valence-electron chi connectivity index (χ3n) is 3.02. The molecule has 20 heavy (non-hydrogen) atoms. The molecule has 1 aromatic carbocycles. The van der Waals surface area contributed by atoms with Crippen molar-refractivity contribution in [2.24, 2.45) is 0 Å². The number of carbonyl (C=O) groups excluding carboxylic acids is 1. The number of hydrogen-bond donors (Lipinski definition) is 2. The van der Waals surface area contributed by atoms with Crippen LogP contribution in [0.15, 0.2) is 48.8 Å². The molecule has 2 N–H and O–H groups in total. The lowest BCUT2D eigenvalue weighted by atomic mass is 10.1. The predicted molar refractivity (Wildman–Crippen MR) is 77.3 cm³/mol. The first-order chi connectivity index (χ1) is 9.66. The summed E-state index contributed by atoms with van der Waals surface area (Å²) >= 11 is 0. The highest BCUT2D eigenvalue weighted by Crippen LogP contribution is 2.14. The minimum atomic E-state index is -0.563. The highest BCUT2D eigenvalue weighted by molar-refractivity contribution is 5.93. The third kappa shape index (κ3) is 3.90. The van der Waals surface area contributed by atoms with Crippen LogP contribution in [0.1, 0.15) is 34.0 Å². The molecule has 0 spiro atoms. The van der Waals surface area contributed by atoms with Gasteiger partial charge < -0.3 is 10.4 Å². The Labute approximate surface area is 118 Å². The minimum absolute atomic E-state index is 0.165. The van der Waals surface area contributed by atoms with Crippen molar-refractivity contribution in [3.63, 3.8) is 0 Å². The van der Waals surface area contributed by atoms with E-state index in [1.807, 2.05) is 37.3 Å². The summed E-state index contributed by atoms with van der Waals surface area (Å²) in [7, 11) is 0. The summed E-state index contributed by atoms with van der Waals surface area (Å²) in [5.41, 5.74) is 2.35. The number of benzene rings is 1. The van der Waals surface area contributed by atoms with E-state index in [0.717, 1.165) is 11.1 Å². The molecule has 4 nitrogen and oxygen atoms in total. The summed E-state index contributed by atoms with van der Waals surface area (Å²) in [6.07, 6.45) is 3.16. The van der Waals surface area contributed by atoms with Gasteiger partial charge in [0.05, 0.1) is 11.7 Å². The van der Waals surface area contributed by atoms with Gasteiger partial charge in [0.25, 0.3) is 5.91 Å². The van der Waals surface area contributed by atoms with Crippen LogP contribution in [0.5, 0.6) is 0 Å². The van der Waals surface area contributed by atoms with Crippen molar-refractivity contribution in [2.75, 3.05) is 6.54 Å². The minimum Gasteiger partial charge on any atom is -0.388 e. The van der Waals surface area contributed by atoms with Crippen molar-refractivity contribution in [1.82, 2.24) is 10.3 Å². The summed E-state index contributed by atoms with van der Waals surface area (Å²) in [6.45, 7) is 2.31. The molecule has 2 rings (SSSR count). The van der Waals surface area contributed by atoms with E-state index in [1.165, 1.54) is 6.20 Å². The first-order valence-corrected chi connectivity index (χ1v) is 6.59. The van der Waals surface area contributed by atoms with Gasteiger partial charge in [-0.05, 0) is 30.5 Å². The molecule has 4 heteroatoms. The summed E-state index contributed by atoms with van der Waals surface area (Å²) in [6, 6.07) is 11.2. The molecule has 0 aliphatic carbocycles. The van der Waals surface area contributed by atoms with Crippen LogP contribution < -0.4 is 5.32 Å². The molecule has 2 aromatic rings. The highest BCUT2D eigenvalue weighted by Gasteiger charge is 2.09. The Kier molecular flexibility index (Phi) is 4.85. The van der Waals surface area contributed by atoms with Gasteiger partial charge in [-0.2, -0.15) is 0 Å². The molecule has 104 valence electrons. The molecule has 0 bridgehead atoms. The quantitative estimate of drug-likeness (QED) is 0.876.